The molecule has 3 heteroatoms. The molecule has 1 aromatic rings. The average Bonchev–Trinajstić information content (AvgIpc) is 2.56. The lowest BCUT2D eigenvalue weighted by Gasteiger charge is -2.26. The molecule has 0 aliphatic heterocycles. The number of nitrogens with zero attached hydrogens (tertiary/aromatic N) is 2. The Hall–Kier alpha value is -0.500. The molecule has 0 spiro atoms. The molecule has 0 amide bonds. The second-order valence-electron chi connectivity index (χ2n) is 4.29. The van der Waals surface area contributed by atoms with Crippen LogP contribution in [0.5, 0.6) is 0 Å². The third-order valence-corrected chi connectivity index (χ3v) is 3.65. The number of hydrogen-bond acceptors (Lipinski definition) is 1. The zero-order valence-corrected chi connectivity index (χ0v) is 9.37. The quantitative estimate of drug-likeness (QED) is 0.690. The van der Waals surface area contributed by atoms with Crippen LogP contribution in [0.4, 0.5) is 0 Å². The average molecular weight is 213 g/mol. The lowest BCUT2D eigenvalue weighted by atomic mass is 9.85. The van der Waals surface area contributed by atoms with E-state index in [-0.39, 0.29) is 0 Å². The molecule has 14 heavy (non-hydrogen) atoms. The largest absolute Gasteiger partial charge is 0.276 e. The first-order valence-corrected chi connectivity index (χ1v) is 5.81. The summed E-state index contributed by atoms with van der Waals surface area (Å²) in [5.74, 6) is 0.662. The van der Waals surface area contributed by atoms with E-state index in [0.717, 1.165) is 6.42 Å². The maximum absolute atomic E-state index is 6.31. The summed E-state index contributed by atoms with van der Waals surface area (Å²) in [4.78, 5) is 0. The fourth-order valence-corrected chi connectivity index (χ4v) is 2.64. The molecular formula is C11H17ClN2. The molecule has 0 radical (unpaired) electrons. The second kappa shape index (κ2) is 4.35. The van der Waals surface area contributed by atoms with Gasteiger partial charge in [0.15, 0.2) is 0 Å². The number of aromatic nitrogens is 2. The molecule has 78 valence electrons. The molecule has 1 aliphatic carbocycles. The van der Waals surface area contributed by atoms with Gasteiger partial charge < -0.3 is 0 Å². The van der Waals surface area contributed by atoms with Crippen LogP contribution in [0.1, 0.15) is 31.2 Å². The van der Waals surface area contributed by atoms with Crippen molar-refractivity contribution in [2.45, 2.75) is 37.5 Å². The first-order chi connectivity index (χ1) is 6.75. The van der Waals surface area contributed by atoms with Crippen LogP contribution in [0.2, 0.25) is 0 Å². The van der Waals surface area contributed by atoms with Crippen molar-refractivity contribution >= 4 is 11.6 Å². The predicted octanol–water partition coefficient (Wildman–Crippen LogP) is 2.76. The van der Waals surface area contributed by atoms with Crippen LogP contribution in [0.15, 0.2) is 12.4 Å². The van der Waals surface area contributed by atoms with Crippen molar-refractivity contribution in [3.8, 4) is 0 Å². The number of halogens is 1. The minimum Gasteiger partial charge on any atom is -0.276 e. The van der Waals surface area contributed by atoms with Crippen LogP contribution in [0.25, 0.3) is 0 Å². The van der Waals surface area contributed by atoms with Gasteiger partial charge in [0.25, 0.3) is 0 Å². The van der Waals surface area contributed by atoms with Crippen molar-refractivity contribution in [1.29, 1.82) is 0 Å². The van der Waals surface area contributed by atoms with Gasteiger partial charge >= 0.3 is 0 Å². The lowest BCUT2D eigenvalue weighted by molar-refractivity contribution is 0.364. The zero-order valence-electron chi connectivity index (χ0n) is 8.62. The highest BCUT2D eigenvalue weighted by molar-refractivity contribution is 6.20. The predicted molar refractivity (Wildman–Crippen MR) is 58.5 cm³/mol. The van der Waals surface area contributed by atoms with E-state index in [1.165, 1.54) is 31.2 Å². The summed E-state index contributed by atoms with van der Waals surface area (Å²) < 4.78 is 1.86. The number of aryl methyl sites for hydroxylation is 1. The molecule has 2 rings (SSSR count). The van der Waals surface area contributed by atoms with Crippen LogP contribution in [-0.2, 0) is 13.5 Å². The van der Waals surface area contributed by atoms with E-state index in [0.29, 0.717) is 11.3 Å². The van der Waals surface area contributed by atoms with Gasteiger partial charge in [-0.1, -0.05) is 12.8 Å². The molecular weight excluding hydrogens is 196 g/mol. The van der Waals surface area contributed by atoms with Gasteiger partial charge in [0.2, 0.25) is 0 Å². The Bertz CT molecular complexity index is 295. The standard InChI is InChI=1S/C11H17ClN2/c1-14-8-9(7-13-14)6-10-4-2-3-5-11(10)12/h7-8,10-11H,2-6H2,1H3. The molecule has 1 heterocycles. The third kappa shape index (κ3) is 2.30. The van der Waals surface area contributed by atoms with Crippen LogP contribution >= 0.6 is 11.6 Å². The van der Waals surface area contributed by atoms with Crippen molar-refractivity contribution in [3.63, 3.8) is 0 Å². The van der Waals surface area contributed by atoms with Crippen LogP contribution < -0.4 is 0 Å². The van der Waals surface area contributed by atoms with E-state index in [4.69, 9.17) is 11.6 Å². The van der Waals surface area contributed by atoms with Gasteiger partial charge in [0.1, 0.15) is 0 Å². The summed E-state index contributed by atoms with van der Waals surface area (Å²) in [7, 11) is 1.96. The molecule has 1 saturated carbocycles. The number of hydrogen-bond donors (Lipinski definition) is 0. The van der Waals surface area contributed by atoms with Gasteiger partial charge in [-0.25, -0.2) is 0 Å². The van der Waals surface area contributed by atoms with Crippen molar-refractivity contribution < 1.29 is 0 Å². The topological polar surface area (TPSA) is 17.8 Å². The van der Waals surface area contributed by atoms with Crippen LogP contribution in [-0.4, -0.2) is 15.2 Å². The first-order valence-electron chi connectivity index (χ1n) is 5.37. The van der Waals surface area contributed by atoms with E-state index in [1.54, 1.807) is 0 Å². The molecule has 0 saturated heterocycles. The molecule has 0 N–H and O–H groups in total. The van der Waals surface area contributed by atoms with Gasteiger partial charge in [0, 0.05) is 18.6 Å². The summed E-state index contributed by atoms with van der Waals surface area (Å²) in [6.07, 6.45) is 10.3. The second-order valence-corrected chi connectivity index (χ2v) is 4.85. The molecule has 2 unspecified atom stereocenters. The molecule has 2 nitrogen and oxygen atoms in total. The Morgan fingerprint density at radius 1 is 1.50 bits per heavy atom. The minimum absolute atomic E-state index is 0.379. The molecule has 1 aliphatic rings. The highest BCUT2D eigenvalue weighted by Gasteiger charge is 2.23. The normalized spacial score (nSPS) is 27.9. The van der Waals surface area contributed by atoms with Crippen LogP contribution in [0.3, 0.4) is 0 Å². The van der Waals surface area contributed by atoms with E-state index < -0.39 is 0 Å². The van der Waals surface area contributed by atoms with Crippen molar-refractivity contribution in [3.05, 3.63) is 18.0 Å². The van der Waals surface area contributed by atoms with Gasteiger partial charge in [-0.05, 0) is 30.7 Å². The highest BCUT2D eigenvalue weighted by atomic mass is 35.5. The third-order valence-electron chi connectivity index (χ3n) is 3.07. The Morgan fingerprint density at radius 3 is 2.93 bits per heavy atom. The smallest absolute Gasteiger partial charge is 0.0521 e. The van der Waals surface area contributed by atoms with Gasteiger partial charge in [-0.3, -0.25) is 4.68 Å². The van der Waals surface area contributed by atoms with Gasteiger partial charge in [-0.15, -0.1) is 11.6 Å². The number of alkyl halides is 1. The maximum Gasteiger partial charge on any atom is 0.0521 e. The molecule has 1 aromatic heterocycles. The Labute approximate surface area is 90.3 Å². The fraction of sp³-hybridized carbons (Fsp3) is 0.727. The lowest BCUT2D eigenvalue weighted by Crippen LogP contribution is -2.21. The molecule has 0 aromatic carbocycles. The summed E-state index contributed by atoms with van der Waals surface area (Å²) in [5.41, 5.74) is 1.32. The highest BCUT2D eigenvalue weighted by Crippen LogP contribution is 2.30. The monoisotopic (exact) mass is 212 g/mol. The molecule has 0 bridgehead atoms. The van der Waals surface area contributed by atoms with E-state index in [2.05, 4.69) is 11.3 Å². The van der Waals surface area contributed by atoms with Crippen molar-refractivity contribution in [2.24, 2.45) is 13.0 Å². The fourth-order valence-electron chi connectivity index (χ4n) is 2.27. The van der Waals surface area contributed by atoms with Gasteiger partial charge in [-0.2, -0.15) is 5.10 Å². The summed E-state index contributed by atoms with van der Waals surface area (Å²) in [6.45, 7) is 0. The Morgan fingerprint density at radius 2 is 2.29 bits per heavy atom. The molecule has 2 atom stereocenters. The maximum atomic E-state index is 6.31. The van der Waals surface area contributed by atoms with Crippen molar-refractivity contribution in [1.82, 2.24) is 9.78 Å². The minimum atomic E-state index is 0.379. The summed E-state index contributed by atoms with van der Waals surface area (Å²) >= 11 is 6.31. The summed E-state index contributed by atoms with van der Waals surface area (Å²) in [5, 5.41) is 4.56. The van der Waals surface area contributed by atoms with E-state index in [1.807, 2.05) is 17.9 Å². The molecule has 1 fully saturated rings. The number of rotatable bonds is 2. The SMILES string of the molecule is Cn1cc(CC2CCCCC2Cl)cn1. The van der Waals surface area contributed by atoms with E-state index >= 15 is 0 Å². The van der Waals surface area contributed by atoms with Crippen molar-refractivity contribution in [2.75, 3.05) is 0 Å². The first kappa shape index (κ1) is 10.0. The summed E-state index contributed by atoms with van der Waals surface area (Å²) in [6, 6.07) is 0. The zero-order chi connectivity index (χ0) is 9.97. The Balaban J connectivity index is 1.95. The van der Waals surface area contributed by atoms with Gasteiger partial charge in [0.05, 0.1) is 6.20 Å². The van der Waals surface area contributed by atoms with E-state index in [9.17, 15) is 0 Å². The Kier molecular flexibility index (Phi) is 3.12. The van der Waals surface area contributed by atoms with Crippen LogP contribution in [0, 0.1) is 5.92 Å².